The number of hydrogen-bond acceptors (Lipinski definition) is 3. The monoisotopic (exact) mass is 207 g/mol. The summed E-state index contributed by atoms with van der Waals surface area (Å²) < 4.78 is 0. The number of nitrogens with zero attached hydrogens (tertiary/aromatic N) is 1. The van der Waals surface area contributed by atoms with Crippen molar-refractivity contribution in [2.75, 3.05) is 19.0 Å². The van der Waals surface area contributed by atoms with Crippen molar-refractivity contribution in [3.63, 3.8) is 0 Å². The average molecular weight is 207 g/mol. The number of benzene rings is 1. The van der Waals surface area contributed by atoms with E-state index in [1.807, 2.05) is 31.2 Å². The number of rotatable bonds is 4. The van der Waals surface area contributed by atoms with Crippen LogP contribution < -0.4 is 11.3 Å². The molecule has 3 N–H and O–H groups in total. The van der Waals surface area contributed by atoms with Crippen LogP contribution in [0.1, 0.15) is 12.5 Å². The topological polar surface area (TPSA) is 58.4 Å². The lowest BCUT2D eigenvalue weighted by Gasteiger charge is -2.14. The number of hydrogen-bond donors (Lipinski definition) is 2. The Morgan fingerprint density at radius 2 is 2.27 bits per heavy atom. The molecule has 0 aliphatic rings. The number of nitrogen functional groups attached to an aromatic ring is 1. The summed E-state index contributed by atoms with van der Waals surface area (Å²) in [5.41, 5.74) is 4.35. The Balaban J connectivity index is 2.68. The van der Waals surface area contributed by atoms with Crippen LogP contribution in [0, 0.1) is 0 Å². The fourth-order valence-corrected chi connectivity index (χ4v) is 1.26. The molecule has 1 amide bonds. The van der Waals surface area contributed by atoms with E-state index in [0.29, 0.717) is 6.42 Å². The average Bonchev–Trinajstić information content (AvgIpc) is 2.28. The van der Waals surface area contributed by atoms with Crippen LogP contribution in [0.5, 0.6) is 0 Å². The second kappa shape index (κ2) is 5.36. The lowest BCUT2D eigenvalue weighted by molar-refractivity contribution is -0.128. The van der Waals surface area contributed by atoms with E-state index in [0.717, 1.165) is 17.8 Å². The van der Waals surface area contributed by atoms with Gasteiger partial charge in [-0.05, 0) is 24.6 Å². The summed E-state index contributed by atoms with van der Waals surface area (Å²) >= 11 is 0. The van der Waals surface area contributed by atoms with E-state index in [1.165, 1.54) is 0 Å². The third-order valence-electron chi connectivity index (χ3n) is 2.35. The Hall–Kier alpha value is -1.55. The van der Waals surface area contributed by atoms with E-state index < -0.39 is 0 Å². The summed E-state index contributed by atoms with van der Waals surface area (Å²) in [5, 5.41) is 0. The van der Waals surface area contributed by atoms with Gasteiger partial charge in [-0.1, -0.05) is 12.1 Å². The molecule has 0 fully saturated rings. The highest BCUT2D eigenvalue weighted by Crippen LogP contribution is 2.10. The molecule has 0 radical (unpaired) electrons. The highest BCUT2D eigenvalue weighted by atomic mass is 16.2. The second-order valence-corrected chi connectivity index (χ2v) is 3.43. The minimum atomic E-state index is 0.117. The third kappa shape index (κ3) is 3.25. The number of anilines is 1. The highest BCUT2D eigenvalue weighted by Gasteiger charge is 2.07. The van der Waals surface area contributed by atoms with E-state index in [2.05, 4.69) is 5.43 Å². The van der Waals surface area contributed by atoms with Crippen LogP contribution in [-0.2, 0) is 11.2 Å². The van der Waals surface area contributed by atoms with Crippen molar-refractivity contribution in [1.29, 1.82) is 0 Å². The Kier molecular flexibility index (Phi) is 4.12. The summed E-state index contributed by atoms with van der Waals surface area (Å²) in [6.45, 7) is 2.68. The molecule has 1 aromatic rings. The van der Waals surface area contributed by atoms with Gasteiger partial charge < -0.3 is 10.3 Å². The van der Waals surface area contributed by atoms with Crippen molar-refractivity contribution in [2.24, 2.45) is 5.84 Å². The zero-order valence-electron chi connectivity index (χ0n) is 9.16. The van der Waals surface area contributed by atoms with Crippen LogP contribution in [0.15, 0.2) is 24.3 Å². The molecule has 0 saturated heterocycles. The van der Waals surface area contributed by atoms with Gasteiger partial charge >= 0.3 is 0 Å². The molecule has 1 aromatic carbocycles. The molecule has 0 atom stereocenters. The first-order chi connectivity index (χ1) is 7.17. The van der Waals surface area contributed by atoms with Crippen molar-refractivity contribution in [1.82, 2.24) is 4.90 Å². The van der Waals surface area contributed by atoms with Gasteiger partial charge in [0.25, 0.3) is 0 Å². The standard InChI is InChI=1S/C11H17N3O/c1-3-14(2)11(15)8-9-5-4-6-10(7-9)13-12/h4-7,13H,3,8,12H2,1-2H3. The van der Waals surface area contributed by atoms with Crippen molar-refractivity contribution in [2.45, 2.75) is 13.3 Å². The van der Waals surface area contributed by atoms with Crippen LogP contribution in [-0.4, -0.2) is 24.4 Å². The largest absolute Gasteiger partial charge is 0.346 e. The number of likely N-dealkylation sites (N-methyl/N-ethyl adjacent to an activating group) is 1. The molecule has 0 aromatic heterocycles. The van der Waals surface area contributed by atoms with Crippen LogP contribution in [0.25, 0.3) is 0 Å². The van der Waals surface area contributed by atoms with Crippen molar-refractivity contribution in [3.05, 3.63) is 29.8 Å². The van der Waals surface area contributed by atoms with E-state index >= 15 is 0 Å². The molecule has 0 aliphatic heterocycles. The predicted octanol–water partition coefficient (Wildman–Crippen LogP) is 0.993. The fourth-order valence-electron chi connectivity index (χ4n) is 1.26. The molecule has 0 heterocycles. The van der Waals surface area contributed by atoms with Gasteiger partial charge in [0.1, 0.15) is 0 Å². The molecule has 1 rings (SSSR count). The van der Waals surface area contributed by atoms with Gasteiger partial charge in [-0.15, -0.1) is 0 Å². The molecule has 0 aliphatic carbocycles. The predicted molar refractivity (Wildman–Crippen MR) is 61.3 cm³/mol. The van der Waals surface area contributed by atoms with Crippen molar-refractivity contribution < 1.29 is 4.79 Å². The number of amides is 1. The minimum absolute atomic E-state index is 0.117. The number of carbonyl (C=O) groups is 1. The summed E-state index contributed by atoms with van der Waals surface area (Å²) in [4.78, 5) is 13.3. The van der Waals surface area contributed by atoms with Gasteiger partial charge in [0, 0.05) is 19.3 Å². The third-order valence-corrected chi connectivity index (χ3v) is 2.35. The summed E-state index contributed by atoms with van der Waals surface area (Å²) in [6.07, 6.45) is 0.417. The van der Waals surface area contributed by atoms with Crippen LogP contribution >= 0.6 is 0 Å². The lowest BCUT2D eigenvalue weighted by Crippen LogP contribution is -2.27. The Morgan fingerprint density at radius 3 is 2.87 bits per heavy atom. The SMILES string of the molecule is CCN(C)C(=O)Cc1cccc(NN)c1. The van der Waals surface area contributed by atoms with E-state index in [4.69, 9.17) is 5.84 Å². The Bertz CT molecular complexity index is 338. The Morgan fingerprint density at radius 1 is 1.53 bits per heavy atom. The summed E-state index contributed by atoms with van der Waals surface area (Å²) in [6, 6.07) is 7.53. The lowest BCUT2D eigenvalue weighted by atomic mass is 10.1. The van der Waals surface area contributed by atoms with Gasteiger partial charge in [-0.3, -0.25) is 10.6 Å². The van der Waals surface area contributed by atoms with E-state index in [9.17, 15) is 4.79 Å². The highest BCUT2D eigenvalue weighted by molar-refractivity contribution is 5.78. The van der Waals surface area contributed by atoms with E-state index in [1.54, 1.807) is 11.9 Å². The normalized spacial score (nSPS) is 9.80. The molecule has 0 bridgehead atoms. The molecular weight excluding hydrogens is 190 g/mol. The van der Waals surface area contributed by atoms with Crippen LogP contribution in [0.3, 0.4) is 0 Å². The quantitative estimate of drug-likeness (QED) is 0.572. The molecule has 4 nitrogen and oxygen atoms in total. The molecular formula is C11H17N3O. The molecule has 82 valence electrons. The first-order valence-corrected chi connectivity index (χ1v) is 4.97. The Labute approximate surface area is 90.0 Å². The maximum absolute atomic E-state index is 11.6. The minimum Gasteiger partial charge on any atom is -0.346 e. The first kappa shape index (κ1) is 11.5. The number of nitrogens with two attached hydrogens (primary N) is 1. The molecule has 4 heteroatoms. The number of nitrogens with one attached hydrogen (secondary N) is 1. The summed E-state index contributed by atoms with van der Waals surface area (Å²) in [5.74, 6) is 5.41. The molecule has 0 spiro atoms. The summed E-state index contributed by atoms with van der Waals surface area (Å²) in [7, 11) is 1.80. The van der Waals surface area contributed by atoms with Crippen molar-refractivity contribution >= 4 is 11.6 Å². The van der Waals surface area contributed by atoms with Gasteiger partial charge in [0.05, 0.1) is 6.42 Å². The smallest absolute Gasteiger partial charge is 0.226 e. The van der Waals surface area contributed by atoms with E-state index in [-0.39, 0.29) is 5.91 Å². The molecule has 15 heavy (non-hydrogen) atoms. The second-order valence-electron chi connectivity index (χ2n) is 3.43. The fraction of sp³-hybridized carbons (Fsp3) is 0.364. The number of hydrazine groups is 1. The van der Waals surface area contributed by atoms with Crippen LogP contribution in [0.4, 0.5) is 5.69 Å². The zero-order valence-corrected chi connectivity index (χ0v) is 9.16. The van der Waals surface area contributed by atoms with Gasteiger partial charge in [-0.25, -0.2) is 0 Å². The number of carbonyl (C=O) groups excluding carboxylic acids is 1. The molecule has 0 unspecified atom stereocenters. The van der Waals surface area contributed by atoms with Gasteiger partial charge in [0.2, 0.25) is 5.91 Å². The van der Waals surface area contributed by atoms with Gasteiger partial charge in [0.15, 0.2) is 0 Å². The first-order valence-electron chi connectivity index (χ1n) is 4.97. The van der Waals surface area contributed by atoms with Crippen molar-refractivity contribution in [3.8, 4) is 0 Å². The van der Waals surface area contributed by atoms with Crippen LogP contribution in [0.2, 0.25) is 0 Å². The zero-order chi connectivity index (χ0) is 11.3. The maximum atomic E-state index is 11.6. The maximum Gasteiger partial charge on any atom is 0.226 e. The molecule has 0 saturated carbocycles. The van der Waals surface area contributed by atoms with Gasteiger partial charge in [-0.2, -0.15) is 0 Å².